The van der Waals surface area contributed by atoms with Crippen molar-refractivity contribution in [3.05, 3.63) is 40.7 Å². The number of hydrogen-bond donors (Lipinski definition) is 0. The summed E-state index contributed by atoms with van der Waals surface area (Å²) in [6.07, 6.45) is 0. The predicted molar refractivity (Wildman–Crippen MR) is 71.2 cm³/mol. The van der Waals surface area contributed by atoms with Gasteiger partial charge >= 0.3 is 0 Å². The van der Waals surface area contributed by atoms with E-state index in [9.17, 15) is 0 Å². The highest BCUT2D eigenvalue weighted by atomic mass is 35.5. The van der Waals surface area contributed by atoms with Crippen LogP contribution in [0.3, 0.4) is 0 Å². The normalized spacial score (nSPS) is 11.2. The zero-order valence-electron chi connectivity index (χ0n) is 9.44. The van der Waals surface area contributed by atoms with Gasteiger partial charge in [0.05, 0.1) is 22.4 Å². The van der Waals surface area contributed by atoms with Crippen LogP contribution in [0.15, 0.2) is 24.3 Å². The second-order valence-corrected chi connectivity index (χ2v) is 4.92. The summed E-state index contributed by atoms with van der Waals surface area (Å²) >= 11 is 7.52. The molecule has 17 heavy (non-hydrogen) atoms. The first-order valence-corrected chi connectivity index (χ1v) is 6.35. The first-order valence-electron chi connectivity index (χ1n) is 5.24. The van der Waals surface area contributed by atoms with Crippen molar-refractivity contribution in [3.63, 3.8) is 0 Å². The molecule has 0 radical (unpaired) electrons. The lowest BCUT2D eigenvalue weighted by atomic mass is 10.2. The van der Waals surface area contributed by atoms with Crippen molar-refractivity contribution in [1.29, 1.82) is 0 Å². The fraction of sp³-hybridized carbons (Fsp3) is 0.167. The molecule has 2 aromatic heterocycles. The van der Waals surface area contributed by atoms with Crippen LogP contribution < -0.4 is 0 Å². The van der Waals surface area contributed by atoms with E-state index in [0.29, 0.717) is 5.02 Å². The van der Waals surface area contributed by atoms with E-state index in [4.69, 9.17) is 11.6 Å². The summed E-state index contributed by atoms with van der Waals surface area (Å²) in [4.78, 5) is 0. The summed E-state index contributed by atoms with van der Waals surface area (Å²) in [7, 11) is 0. The Balaban J connectivity index is 2.44. The van der Waals surface area contributed by atoms with Gasteiger partial charge < -0.3 is 4.57 Å². The van der Waals surface area contributed by atoms with E-state index >= 15 is 0 Å². The van der Waals surface area contributed by atoms with Crippen LogP contribution in [0.2, 0.25) is 5.02 Å². The molecule has 0 aliphatic heterocycles. The van der Waals surface area contributed by atoms with Crippen molar-refractivity contribution >= 4 is 34.4 Å². The summed E-state index contributed by atoms with van der Waals surface area (Å²) in [5.41, 5.74) is 4.97. The Bertz CT molecular complexity index is 679. The maximum Gasteiger partial charge on any atom is 0.130 e. The lowest BCUT2D eigenvalue weighted by Crippen LogP contribution is -2.00. The largest absolute Gasteiger partial charge is 0.315 e. The Labute approximate surface area is 108 Å². The van der Waals surface area contributed by atoms with Crippen molar-refractivity contribution in [2.24, 2.45) is 0 Å². The number of nitrogens with zero attached hydrogens (tertiary/aromatic N) is 3. The van der Waals surface area contributed by atoms with Gasteiger partial charge in [-0.2, -0.15) is 8.75 Å². The number of benzene rings is 1. The summed E-state index contributed by atoms with van der Waals surface area (Å²) in [6.45, 7) is 4.11. The molecule has 0 saturated heterocycles. The molecule has 0 saturated carbocycles. The van der Waals surface area contributed by atoms with Crippen molar-refractivity contribution in [2.75, 3.05) is 0 Å². The van der Waals surface area contributed by atoms with E-state index in [1.807, 2.05) is 12.1 Å². The SMILES string of the molecule is Cc1ccc(C)n1-c1c(Cl)ccc2nsnc12. The predicted octanol–water partition coefficient (Wildman–Crippen LogP) is 3.75. The molecule has 5 heteroatoms. The molecule has 0 aliphatic rings. The Morgan fingerprint density at radius 3 is 2.47 bits per heavy atom. The van der Waals surface area contributed by atoms with Crippen molar-refractivity contribution in [1.82, 2.24) is 13.3 Å². The quantitative estimate of drug-likeness (QED) is 0.669. The number of hydrogen-bond acceptors (Lipinski definition) is 3. The molecule has 0 aliphatic carbocycles. The second-order valence-electron chi connectivity index (χ2n) is 3.98. The van der Waals surface area contributed by atoms with Crippen LogP contribution >= 0.6 is 23.3 Å². The smallest absolute Gasteiger partial charge is 0.130 e. The molecular weight excluding hydrogens is 254 g/mol. The van der Waals surface area contributed by atoms with Crippen LogP contribution in [0.5, 0.6) is 0 Å². The van der Waals surface area contributed by atoms with Crippen LogP contribution in [0.1, 0.15) is 11.4 Å². The number of aromatic nitrogens is 3. The van der Waals surface area contributed by atoms with Crippen LogP contribution in [0, 0.1) is 13.8 Å². The Hall–Kier alpha value is -1.39. The molecule has 1 aromatic carbocycles. The second kappa shape index (κ2) is 3.82. The summed E-state index contributed by atoms with van der Waals surface area (Å²) in [5.74, 6) is 0. The average Bonchev–Trinajstić information content (AvgIpc) is 2.88. The van der Waals surface area contributed by atoms with E-state index in [1.54, 1.807) is 0 Å². The third-order valence-corrected chi connectivity index (χ3v) is 3.69. The standard InChI is InChI=1S/C12H10ClN3S/c1-7-3-4-8(2)16(7)12-9(13)5-6-10-11(12)15-17-14-10/h3-6H,1-2H3. The molecule has 0 unspecified atom stereocenters. The Kier molecular flexibility index (Phi) is 2.42. The fourth-order valence-corrected chi connectivity index (χ4v) is 2.82. The highest BCUT2D eigenvalue weighted by Gasteiger charge is 2.14. The van der Waals surface area contributed by atoms with Crippen LogP contribution in [-0.4, -0.2) is 13.3 Å². The van der Waals surface area contributed by atoms with E-state index < -0.39 is 0 Å². The van der Waals surface area contributed by atoms with Gasteiger partial charge in [0.2, 0.25) is 0 Å². The summed E-state index contributed by atoms with van der Waals surface area (Å²) in [6, 6.07) is 7.92. The molecule has 3 nitrogen and oxygen atoms in total. The molecule has 86 valence electrons. The number of fused-ring (bicyclic) bond motifs is 1. The first-order chi connectivity index (χ1) is 8.18. The van der Waals surface area contributed by atoms with Gasteiger partial charge in [-0.15, -0.1) is 0 Å². The van der Waals surface area contributed by atoms with Gasteiger partial charge in [-0.1, -0.05) is 11.6 Å². The van der Waals surface area contributed by atoms with E-state index in [2.05, 4.69) is 39.3 Å². The molecule has 2 heterocycles. The van der Waals surface area contributed by atoms with E-state index in [1.165, 1.54) is 11.7 Å². The van der Waals surface area contributed by atoms with Gasteiger partial charge in [0.25, 0.3) is 0 Å². The first kappa shape index (κ1) is 10.7. The van der Waals surface area contributed by atoms with Gasteiger partial charge in [0, 0.05) is 11.4 Å². The van der Waals surface area contributed by atoms with Crippen LogP contribution in [0.4, 0.5) is 0 Å². The van der Waals surface area contributed by atoms with Gasteiger partial charge in [-0.05, 0) is 38.1 Å². The molecule has 3 rings (SSSR count). The van der Waals surface area contributed by atoms with Crippen LogP contribution in [-0.2, 0) is 0 Å². The van der Waals surface area contributed by atoms with Gasteiger partial charge in [0.1, 0.15) is 11.0 Å². The highest BCUT2D eigenvalue weighted by molar-refractivity contribution is 7.00. The zero-order valence-corrected chi connectivity index (χ0v) is 11.0. The average molecular weight is 264 g/mol. The molecule has 0 N–H and O–H groups in total. The monoisotopic (exact) mass is 263 g/mol. The maximum atomic E-state index is 6.31. The number of halogens is 1. The third kappa shape index (κ3) is 1.56. The molecule has 3 aromatic rings. The minimum Gasteiger partial charge on any atom is -0.315 e. The molecule has 0 spiro atoms. The van der Waals surface area contributed by atoms with Gasteiger partial charge in [-0.25, -0.2) is 0 Å². The fourth-order valence-electron chi connectivity index (χ4n) is 2.05. The molecule has 0 amide bonds. The lowest BCUT2D eigenvalue weighted by molar-refractivity contribution is 0.972. The Morgan fingerprint density at radius 1 is 1.06 bits per heavy atom. The van der Waals surface area contributed by atoms with E-state index in [-0.39, 0.29) is 0 Å². The number of rotatable bonds is 1. The topological polar surface area (TPSA) is 30.7 Å². The molecule has 0 atom stereocenters. The minimum atomic E-state index is 0.701. The summed E-state index contributed by atoms with van der Waals surface area (Å²) in [5, 5.41) is 0.701. The summed E-state index contributed by atoms with van der Waals surface area (Å²) < 4.78 is 10.7. The van der Waals surface area contributed by atoms with E-state index in [0.717, 1.165) is 28.1 Å². The molecule has 0 bridgehead atoms. The van der Waals surface area contributed by atoms with Crippen molar-refractivity contribution in [3.8, 4) is 5.69 Å². The lowest BCUT2D eigenvalue weighted by Gasteiger charge is -2.11. The highest BCUT2D eigenvalue weighted by Crippen LogP contribution is 2.30. The van der Waals surface area contributed by atoms with Crippen LogP contribution in [0.25, 0.3) is 16.7 Å². The van der Waals surface area contributed by atoms with Gasteiger partial charge in [-0.3, -0.25) is 0 Å². The Morgan fingerprint density at radius 2 is 1.76 bits per heavy atom. The number of aryl methyl sites for hydroxylation is 2. The minimum absolute atomic E-state index is 0.701. The molecule has 0 fully saturated rings. The third-order valence-electron chi connectivity index (χ3n) is 2.85. The zero-order chi connectivity index (χ0) is 12.0. The van der Waals surface area contributed by atoms with Crippen molar-refractivity contribution < 1.29 is 0 Å². The van der Waals surface area contributed by atoms with Crippen molar-refractivity contribution in [2.45, 2.75) is 13.8 Å². The molecular formula is C12H10ClN3S. The maximum absolute atomic E-state index is 6.31. The van der Waals surface area contributed by atoms with Gasteiger partial charge in [0.15, 0.2) is 0 Å².